The van der Waals surface area contributed by atoms with Gasteiger partial charge in [-0.1, -0.05) is 20.4 Å². The molecule has 3 aliphatic carbocycles. The van der Waals surface area contributed by atoms with Crippen LogP contribution in [-0.2, 0) is 23.9 Å². The molecule has 0 aromatic rings. The number of aliphatic hydroxyl groups excluding tert-OH is 1. The summed E-state index contributed by atoms with van der Waals surface area (Å²) in [5.41, 5.74) is -2.21. The van der Waals surface area contributed by atoms with Crippen molar-refractivity contribution in [1.82, 2.24) is 0 Å². The molecular formula is C20H24O6. The topological polar surface area (TPSA) is 89.9 Å². The molecule has 0 unspecified atom stereocenters. The van der Waals surface area contributed by atoms with E-state index in [9.17, 15) is 19.5 Å². The Labute approximate surface area is 151 Å². The Bertz CT molecular complexity index is 755. The summed E-state index contributed by atoms with van der Waals surface area (Å²) in [5, 5.41) is 11.0. The zero-order valence-corrected chi connectivity index (χ0v) is 15.1. The summed E-state index contributed by atoms with van der Waals surface area (Å²) in [6.45, 7) is 7.94. The summed E-state index contributed by atoms with van der Waals surface area (Å²) < 4.78 is 11.6. The van der Waals surface area contributed by atoms with Crippen LogP contribution in [0.4, 0.5) is 0 Å². The lowest BCUT2D eigenvalue weighted by molar-refractivity contribution is -0.280. The highest BCUT2D eigenvalue weighted by atomic mass is 16.6. The Morgan fingerprint density at radius 2 is 2.00 bits per heavy atom. The fourth-order valence-electron chi connectivity index (χ4n) is 7.19. The highest BCUT2D eigenvalue weighted by Gasteiger charge is 2.80. The lowest BCUT2D eigenvalue weighted by Gasteiger charge is -2.65. The van der Waals surface area contributed by atoms with Crippen molar-refractivity contribution in [1.29, 1.82) is 0 Å². The minimum absolute atomic E-state index is 0.0972. The third kappa shape index (κ3) is 1.50. The van der Waals surface area contributed by atoms with E-state index >= 15 is 0 Å². The molecule has 26 heavy (non-hydrogen) atoms. The van der Waals surface area contributed by atoms with Crippen molar-refractivity contribution in [2.75, 3.05) is 0 Å². The Kier molecular flexibility index (Phi) is 2.91. The molecule has 0 radical (unpaired) electrons. The van der Waals surface area contributed by atoms with E-state index in [-0.39, 0.29) is 11.9 Å². The number of esters is 2. The van der Waals surface area contributed by atoms with E-state index in [1.807, 2.05) is 13.8 Å². The Hall–Kier alpha value is -1.69. The maximum atomic E-state index is 13.1. The fourth-order valence-corrected chi connectivity index (χ4v) is 7.19. The molecule has 140 valence electrons. The van der Waals surface area contributed by atoms with E-state index in [0.717, 1.165) is 6.29 Å². The molecule has 0 aromatic carbocycles. The molecule has 5 aliphatic rings. The molecule has 6 heteroatoms. The van der Waals surface area contributed by atoms with Gasteiger partial charge in [-0.25, -0.2) is 0 Å². The summed E-state index contributed by atoms with van der Waals surface area (Å²) in [5.74, 6) is -2.15. The number of fused-ring (bicyclic) bond motifs is 1. The van der Waals surface area contributed by atoms with Crippen molar-refractivity contribution in [2.24, 2.45) is 34.0 Å². The SMILES string of the molecule is C=C1[C@@H]2C[C@@H]3OC(=O)[C@@H]4C(C)(C)CC[C@@H]5OC(=O)[C@](C2)([C@@H]1O)[C@@H]3[C@]54C=O. The second kappa shape index (κ2) is 4.58. The van der Waals surface area contributed by atoms with E-state index in [4.69, 9.17) is 9.47 Å². The van der Waals surface area contributed by atoms with E-state index in [2.05, 4.69) is 6.58 Å². The molecule has 2 heterocycles. The van der Waals surface area contributed by atoms with Crippen molar-refractivity contribution >= 4 is 18.2 Å². The highest BCUT2D eigenvalue weighted by molar-refractivity contribution is 5.89. The van der Waals surface area contributed by atoms with Gasteiger partial charge < -0.3 is 19.4 Å². The predicted octanol–water partition coefficient (Wildman–Crippen LogP) is 1.40. The number of carbonyl (C=O) groups is 3. The number of hydrogen-bond acceptors (Lipinski definition) is 6. The van der Waals surface area contributed by atoms with Gasteiger partial charge in [0.2, 0.25) is 0 Å². The fraction of sp³-hybridized carbons (Fsp3) is 0.750. The van der Waals surface area contributed by atoms with Crippen LogP contribution in [0.25, 0.3) is 0 Å². The molecule has 1 spiro atoms. The second-order valence-corrected chi connectivity index (χ2v) is 9.58. The lowest BCUT2D eigenvalue weighted by atomic mass is 9.42. The first-order valence-electron chi connectivity index (χ1n) is 9.45. The number of rotatable bonds is 1. The smallest absolute Gasteiger partial charge is 0.315 e. The van der Waals surface area contributed by atoms with Crippen molar-refractivity contribution in [3.8, 4) is 0 Å². The van der Waals surface area contributed by atoms with Gasteiger partial charge in [0.25, 0.3) is 0 Å². The number of aldehydes is 1. The van der Waals surface area contributed by atoms with Crippen LogP contribution in [0.15, 0.2) is 12.2 Å². The molecule has 3 saturated carbocycles. The maximum absolute atomic E-state index is 13.1. The van der Waals surface area contributed by atoms with Crippen LogP contribution in [0.5, 0.6) is 0 Å². The Morgan fingerprint density at radius 3 is 2.69 bits per heavy atom. The summed E-state index contributed by atoms with van der Waals surface area (Å²) >= 11 is 0. The van der Waals surface area contributed by atoms with E-state index in [0.29, 0.717) is 31.3 Å². The number of hydrogen-bond donors (Lipinski definition) is 1. The van der Waals surface area contributed by atoms with Crippen LogP contribution in [-0.4, -0.2) is 41.6 Å². The average Bonchev–Trinajstić information content (AvgIpc) is 2.77. The minimum atomic E-state index is -1.23. The standard InChI is InChI=1S/C20H24O6/c1-9-10-6-11-13-19(7-10,15(9)22)17(24)26-12-4-5-18(2,3)14(16(23)25-11)20(12,13)8-21/h8,10-15,22H,1,4-7H2,2-3H3/t10-,11+,12+,13-,14-,15-,19+,20+/m1/s1. The van der Waals surface area contributed by atoms with Crippen LogP contribution in [0.2, 0.25) is 0 Å². The molecule has 6 nitrogen and oxygen atoms in total. The predicted molar refractivity (Wildman–Crippen MR) is 88.6 cm³/mol. The zero-order chi connectivity index (χ0) is 18.6. The van der Waals surface area contributed by atoms with Crippen molar-refractivity contribution in [3.05, 3.63) is 12.2 Å². The van der Waals surface area contributed by atoms with Crippen molar-refractivity contribution in [3.63, 3.8) is 0 Å². The van der Waals surface area contributed by atoms with Gasteiger partial charge in [0.1, 0.15) is 23.9 Å². The molecule has 5 fully saturated rings. The van der Waals surface area contributed by atoms with Crippen LogP contribution >= 0.6 is 0 Å². The van der Waals surface area contributed by atoms with Gasteiger partial charge in [0.05, 0.1) is 17.4 Å². The van der Waals surface area contributed by atoms with Crippen molar-refractivity contribution in [2.45, 2.75) is 57.8 Å². The van der Waals surface area contributed by atoms with Gasteiger partial charge in [-0.3, -0.25) is 9.59 Å². The molecule has 1 N–H and O–H groups in total. The van der Waals surface area contributed by atoms with Gasteiger partial charge >= 0.3 is 11.9 Å². The van der Waals surface area contributed by atoms with E-state index < -0.39 is 52.4 Å². The summed E-state index contributed by atoms with van der Waals surface area (Å²) in [6, 6.07) is 0. The molecule has 2 aliphatic heterocycles. The first-order chi connectivity index (χ1) is 12.2. The van der Waals surface area contributed by atoms with Crippen LogP contribution in [0.1, 0.15) is 39.5 Å². The highest BCUT2D eigenvalue weighted by Crippen LogP contribution is 2.71. The van der Waals surface area contributed by atoms with Crippen LogP contribution in [0.3, 0.4) is 0 Å². The van der Waals surface area contributed by atoms with Gasteiger partial charge in [0, 0.05) is 5.92 Å². The third-order valence-electron chi connectivity index (χ3n) is 8.16. The quantitative estimate of drug-likeness (QED) is 0.432. The van der Waals surface area contributed by atoms with Gasteiger partial charge in [-0.05, 0) is 42.6 Å². The number of ether oxygens (including phenoxy) is 2. The summed E-state index contributed by atoms with van der Waals surface area (Å²) in [7, 11) is 0. The van der Waals surface area contributed by atoms with E-state index in [1.54, 1.807) is 0 Å². The monoisotopic (exact) mass is 360 g/mol. The average molecular weight is 360 g/mol. The van der Waals surface area contributed by atoms with E-state index in [1.165, 1.54) is 0 Å². The molecule has 2 bridgehead atoms. The van der Waals surface area contributed by atoms with Gasteiger partial charge in [-0.15, -0.1) is 0 Å². The summed E-state index contributed by atoms with van der Waals surface area (Å²) in [4.78, 5) is 38.8. The second-order valence-electron chi connectivity index (χ2n) is 9.58. The van der Waals surface area contributed by atoms with Crippen LogP contribution < -0.4 is 0 Å². The normalized spacial score (nSPS) is 53.4. The Balaban J connectivity index is 1.79. The molecule has 0 aromatic heterocycles. The maximum Gasteiger partial charge on any atom is 0.315 e. The van der Waals surface area contributed by atoms with Gasteiger partial charge in [-0.2, -0.15) is 0 Å². The molecule has 8 atom stereocenters. The first kappa shape index (κ1) is 16.5. The molecule has 0 amide bonds. The Morgan fingerprint density at radius 1 is 1.27 bits per heavy atom. The molecular weight excluding hydrogens is 336 g/mol. The number of aliphatic hydroxyl groups is 1. The van der Waals surface area contributed by atoms with Crippen LogP contribution in [0, 0.1) is 34.0 Å². The third-order valence-corrected chi connectivity index (χ3v) is 8.16. The number of carbonyl (C=O) groups excluding carboxylic acids is 3. The molecule has 2 saturated heterocycles. The van der Waals surface area contributed by atoms with Crippen molar-refractivity contribution < 1.29 is 29.0 Å². The largest absolute Gasteiger partial charge is 0.462 e. The zero-order valence-electron chi connectivity index (χ0n) is 15.1. The minimum Gasteiger partial charge on any atom is -0.462 e. The molecule has 5 rings (SSSR count). The first-order valence-corrected chi connectivity index (χ1v) is 9.45. The lowest BCUT2D eigenvalue weighted by Crippen LogP contribution is -2.75. The van der Waals surface area contributed by atoms with Gasteiger partial charge in [0.15, 0.2) is 0 Å². The summed E-state index contributed by atoms with van der Waals surface area (Å²) in [6.07, 6.45) is 0.745.